The Morgan fingerprint density at radius 3 is 2.61 bits per heavy atom. The lowest BCUT2D eigenvalue weighted by Gasteiger charge is -2.10. The molecule has 0 spiro atoms. The summed E-state index contributed by atoms with van der Waals surface area (Å²) in [6, 6.07) is 17.2. The molecule has 0 fully saturated rings. The van der Waals surface area contributed by atoms with Crippen molar-refractivity contribution >= 4 is 47.2 Å². The molecular weight excluding hydrogens is 502 g/mol. The van der Waals surface area contributed by atoms with E-state index in [4.69, 9.17) is 11.6 Å². The first-order valence-corrected chi connectivity index (χ1v) is 11.9. The van der Waals surface area contributed by atoms with Gasteiger partial charge in [-0.2, -0.15) is 5.10 Å². The smallest absolute Gasteiger partial charge is 0.272 e. The Bertz CT molecular complexity index is 1420. The largest absolute Gasteiger partial charge is 0.276 e. The van der Waals surface area contributed by atoms with Crippen LogP contribution in [0, 0.1) is 10.1 Å². The third-order valence-electron chi connectivity index (χ3n) is 4.75. The number of pyridine rings is 1. The van der Waals surface area contributed by atoms with Crippen LogP contribution in [0.3, 0.4) is 0 Å². The molecule has 2 heterocycles. The Morgan fingerprint density at radius 2 is 1.86 bits per heavy atom. The highest BCUT2D eigenvalue weighted by molar-refractivity contribution is 7.99. The highest BCUT2D eigenvalue weighted by Crippen LogP contribution is 2.28. The second-order valence-corrected chi connectivity index (χ2v) is 8.51. The number of hydrazone groups is 1. The lowest BCUT2D eigenvalue weighted by molar-refractivity contribution is -0.385. The monoisotopic (exact) mass is 519 g/mol. The molecule has 0 aliphatic carbocycles. The summed E-state index contributed by atoms with van der Waals surface area (Å²) < 4.78 is 1.84. The number of halogens is 1. The van der Waals surface area contributed by atoms with E-state index in [2.05, 4.69) is 25.7 Å². The molecule has 0 aliphatic heterocycles. The van der Waals surface area contributed by atoms with Crippen LogP contribution in [-0.2, 0) is 4.79 Å². The first kappa shape index (κ1) is 24.8. The minimum Gasteiger partial charge on any atom is -0.272 e. The van der Waals surface area contributed by atoms with E-state index in [9.17, 15) is 14.9 Å². The number of amides is 1. The van der Waals surface area contributed by atoms with Crippen molar-refractivity contribution in [1.82, 2.24) is 25.2 Å². The van der Waals surface area contributed by atoms with Gasteiger partial charge in [0.05, 0.1) is 16.2 Å². The molecule has 0 radical (unpaired) electrons. The summed E-state index contributed by atoms with van der Waals surface area (Å²) in [5.41, 5.74) is 4.45. The maximum absolute atomic E-state index is 12.3. The molecule has 2 aromatic carbocycles. The van der Waals surface area contributed by atoms with E-state index in [0.29, 0.717) is 21.6 Å². The highest BCUT2D eigenvalue weighted by atomic mass is 35.5. The molecule has 1 amide bonds. The van der Waals surface area contributed by atoms with Gasteiger partial charge in [0.2, 0.25) is 0 Å². The van der Waals surface area contributed by atoms with Gasteiger partial charge in [-0.3, -0.25) is 24.5 Å². The predicted octanol–water partition coefficient (Wildman–Crippen LogP) is 4.80. The normalized spacial score (nSPS) is 11.2. The quantitative estimate of drug-likeness (QED) is 0.145. The van der Waals surface area contributed by atoms with Crippen LogP contribution < -0.4 is 5.43 Å². The van der Waals surface area contributed by atoms with Crippen molar-refractivity contribution in [2.24, 2.45) is 5.10 Å². The standard InChI is InChI=1S/C24H18ClN7O3S/c25-19-7-9-20(10-8-19)31-23(18-11-14-26-15-12-18)29-30-24(31)36-16-22(33)28-27-13-3-5-17-4-1-2-6-21(17)32(34)35/h1-15H,16H2,(H,28,33). The number of carbonyl (C=O) groups excluding carboxylic acids is 1. The molecule has 10 nitrogen and oxygen atoms in total. The van der Waals surface area contributed by atoms with Crippen molar-refractivity contribution in [2.45, 2.75) is 5.16 Å². The number of rotatable bonds is 9. The average molecular weight is 520 g/mol. The summed E-state index contributed by atoms with van der Waals surface area (Å²) in [6.07, 6.45) is 7.72. The fourth-order valence-electron chi connectivity index (χ4n) is 3.13. The van der Waals surface area contributed by atoms with E-state index in [-0.39, 0.29) is 17.3 Å². The maximum Gasteiger partial charge on any atom is 0.276 e. The van der Waals surface area contributed by atoms with Crippen molar-refractivity contribution in [2.75, 3.05) is 5.75 Å². The van der Waals surface area contributed by atoms with Gasteiger partial charge in [-0.25, -0.2) is 5.43 Å². The summed E-state index contributed by atoms with van der Waals surface area (Å²) in [7, 11) is 0. The van der Waals surface area contributed by atoms with Gasteiger partial charge in [-0.1, -0.05) is 35.5 Å². The Kier molecular flexibility index (Phi) is 8.16. The van der Waals surface area contributed by atoms with E-state index >= 15 is 0 Å². The number of allylic oxidation sites excluding steroid dienone is 1. The van der Waals surface area contributed by atoms with Gasteiger partial charge in [0.25, 0.3) is 11.6 Å². The second-order valence-electron chi connectivity index (χ2n) is 7.13. The molecule has 0 bridgehead atoms. The number of carbonyl (C=O) groups is 1. The zero-order chi connectivity index (χ0) is 25.3. The average Bonchev–Trinajstić information content (AvgIpc) is 3.32. The Labute approximate surface area is 214 Å². The van der Waals surface area contributed by atoms with E-state index in [1.165, 1.54) is 36.2 Å². The minimum atomic E-state index is -0.460. The van der Waals surface area contributed by atoms with Crippen molar-refractivity contribution in [1.29, 1.82) is 0 Å². The predicted molar refractivity (Wildman–Crippen MR) is 139 cm³/mol. The maximum atomic E-state index is 12.3. The fourth-order valence-corrected chi connectivity index (χ4v) is 4.00. The molecular formula is C24H18ClN7O3S. The number of para-hydroxylation sites is 1. The summed E-state index contributed by atoms with van der Waals surface area (Å²) in [4.78, 5) is 27.0. The fraction of sp³-hybridized carbons (Fsp3) is 0.0417. The van der Waals surface area contributed by atoms with Gasteiger partial charge >= 0.3 is 0 Å². The zero-order valence-corrected chi connectivity index (χ0v) is 20.1. The molecule has 4 rings (SSSR count). The summed E-state index contributed by atoms with van der Waals surface area (Å²) in [6.45, 7) is 0. The first-order valence-electron chi connectivity index (χ1n) is 10.5. The summed E-state index contributed by atoms with van der Waals surface area (Å²) in [5, 5.41) is 24.6. The lowest BCUT2D eigenvalue weighted by Crippen LogP contribution is -2.19. The molecule has 0 saturated heterocycles. The van der Waals surface area contributed by atoms with E-state index in [1.807, 2.05) is 28.8 Å². The van der Waals surface area contributed by atoms with Crippen molar-refractivity contribution in [3.8, 4) is 17.1 Å². The molecule has 0 aliphatic rings. The number of nitrogens with zero attached hydrogens (tertiary/aromatic N) is 6. The molecule has 12 heteroatoms. The van der Waals surface area contributed by atoms with Crippen LogP contribution in [0.4, 0.5) is 5.69 Å². The van der Waals surface area contributed by atoms with E-state index < -0.39 is 4.92 Å². The Hall–Kier alpha value is -4.35. The highest BCUT2D eigenvalue weighted by Gasteiger charge is 2.17. The van der Waals surface area contributed by atoms with E-state index in [1.54, 1.807) is 42.7 Å². The van der Waals surface area contributed by atoms with Crippen LogP contribution in [0.5, 0.6) is 0 Å². The number of benzene rings is 2. The van der Waals surface area contributed by atoms with Crippen molar-refractivity contribution < 1.29 is 9.72 Å². The van der Waals surface area contributed by atoms with Crippen LogP contribution in [0.15, 0.2) is 89.4 Å². The third kappa shape index (κ3) is 6.20. The van der Waals surface area contributed by atoms with Crippen LogP contribution in [0.25, 0.3) is 23.2 Å². The number of aromatic nitrogens is 4. The molecule has 4 aromatic rings. The van der Waals surface area contributed by atoms with Crippen LogP contribution in [0.2, 0.25) is 5.02 Å². The Morgan fingerprint density at radius 1 is 1.11 bits per heavy atom. The molecule has 0 atom stereocenters. The van der Waals surface area contributed by atoms with Crippen LogP contribution in [0.1, 0.15) is 5.56 Å². The van der Waals surface area contributed by atoms with Gasteiger partial charge in [0.1, 0.15) is 0 Å². The van der Waals surface area contributed by atoms with Crippen LogP contribution >= 0.6 is 23.4 Å². The zero-order valence-electron chi connectivity index (χ0n) is 18.6. The van der Waals surface area contributed by atoms with Gasteiger partial charge in [0.15, 0.2) is 11.0 Å². The minimum absolute atomic E-state index is 0.0153. The molecule has 1 N–H and O–H groups in total. The molecule has 180 valence electrons. The van der Waals surface area contributed by atoms with Gasteiger partial charge < -0.3 is 0 Å². The number of nitro groups is 1. The van der Waals surface area contributed by atoms with Gasteiger partial charge in [-0.15, -0.1) is 10.2 Å². The lowest BCUT2D eigenvalue weighted by atomic mass is 10.2. The Balaban J connectivity index is 1.42. The van der Waals surface area contributed by atoms with E-state index in [0.717, 1.165) is 11.3 Å². The second kappa shape index (κ2) is 11.9. The number of hydrogen-bond donors (Lipinski definition) is 1. The summed E-state index contributed by atoms with van der Waals surface area (Å²) in [5.74, 6) is 0.278. The third-order valence-corrected chi connectivity index (χ3v) is 5.93. The first-order chi connectivity index (χ1) is 17.5. The molecule has 0 saturated carbocycles. The number of thioether (sulfide) groups is 1. The topological polar surface area (TPSA) is 128 Å². The van der Waals surface area contributed by atoms with Gasteiger partial charge in [0, 0.05) is 40.9 Å². The SMILES string of the molecule is O=C(CSc1nnc(-c2ccncc2)n1-c1ccc(Cl)cc1)NN=CC=Cc1ccccc1[N+](=O)[O-]. The molecule has 0 unspecified atom stereocenters. The number of hydrogen-bond acceptors (Lipinski definition) is 8. The summed E-state index contributed by atoms with van der Waals surface area (Å²) >= 11 is 7.24. The van der Waals surface area contributed by atoms with Crippen LogP contribution in [-0.4, -0.2) is 42.5 Å². The molecule has 2 aromatic heterocycles. The number of nitrogens with one attached hydrogen (secondary N) is 1. The molecule has 36 heavy (non-hydrogen) atoms. The van der Waals surface area contributed by atoms with Gasteiger partial charge in [-0.05, 0) is 54.6 Å². The number of nitro benzene ring substituents is 1. The van der Waals surface area contributed by atoms with Crippen molar-refractivity contribution in [3.05, 3.63) is 99.8 Å². The van der Waals surface area contributed by atoms with Crippen molar-refractivity contribution in [3.63, 3.8) is 0 Å².